The Morgan fingerprint density at radius 3 is 2.64 bits per heavy atom. The summed E-state index contributed by atoms with van der Waals surface area (Å²) in [5, 5.41) is 17.1. The standard InChI is InChI=1S/C8H16N2O/c1-3-10(6-7-11)8(2)4-5-9/h8,11H,3-4,6-7H2,1-2H3. The fraction of sp³-hybridized carbons (Fsp3) is 0.875. The first kappa shape index (κ1) is 10.4. The van der Waals surface area contributed by atoms with Crippen LogP contribution in [-0.4, -0.2) is 35.7 Å². The maximum atomic E-state index is 8.66. The molecule has 0 saturated heterocycles. The molecule has 1 atom stereocenters. The molecule has 3 heteroatoms. The Labute approximate surface area is 68.2 Å². The number of hydrogen-bond donors (Lipinski definition) is 1. The minimum atomic E-state index is 0.170. The third-order valence-electron chi connectivity index (χ3n) is 1.80. The molecule has 64 valence electrons. The van der Waals surface area contributed by atoms with Crippen molar-refractivity contribution in [3.8, 4) is 6.07 Å². The van der Waals surface area contributed by atoms with E-state index in [1.54, 1.807) is 0 Å². The summed E-state index contributed by atoms with van der Waals surface area (Å²) in [6, 6.07) is 2.38. The first-order valence-electron chi connectivity index (χ1n) is 3.98. The minimum Gasteiger partial charge on any atom is -0.395 e. The van der Waals surface area contributed by atoms with Gasteiger partial charge in [-0.3, -0.25) is 4.90 Å². The van der Waals surface area contributed by atoms with Crippen LogP contribution in [0, 0.1) is 11.3 Å². The lowest BCUT2D eigenvalue weighted by Gasteiger charge is -2.24. The lowest BCUT2D eigenvalue weighted by atomic mass is 10.2. The highest BCUT2D eigenvalue weighted by molar-refractivity contribution is 4.79. The lowest BCUT2D eigenvalue weighted by molar-refractivity contribution is 0.166. The molecule has 0 spiro atoms. The van der Waals surface area contributed by atoms with Crippen molar-refractivity contribution < 1.29 is 5.11 Å². The summed E-state index contributed by atoms with van der Waals surface area (Å²) < 4.78 is 0. The SMILES string of the molecule is CCN(CCO)C(C)CC#N. The quantitative estimate of drug-likeness (QED) is 0.634. The van der Waals surface area contributed by atoms with Crippen LogP contribution >= 0.6 is 0 Å². The molecule has 1 unspecified atom stereocenters. The van der Waals surface area contributed by atoms with Crippen molar-refractivity contribution in [1.82, 2.24) is 4.90 Å². The molecular weight excluding hydrogens is 140 g/mol. The van der Waals surface area contributed by atoms with Crippen LogP contribution in [-0.2, 0) is 0 Å². The zero-order valence-electron chi connectivity index (χ0n) is 7.25. The van der Waals surface area contributed by atoms with E-state index >= 15 is 0 Å². The molecule has 0 saturated carbocycles. The Morgan fingerprint density at radius 1 is 1.64 bits per heavy atom. The highest BCUT2D eigenvalue weighted by atomic mass is 16.3. The highest BCUT2D eigenvalue weighted by Crippen LogP contribution is 2.01. The van der Waals surface area contributed by atoms with Gasteiger partial charge in [-0.05, 0) is 13.5 Å². The van der Waals surface area contributed by atoms with E-state index in [2.05, 4.69) is 11.0 Å². The molecule has 1 N–H and O–H groups in total. The minimum absolute atomic E-state index is 0.170. The largest absolute Gasteiger partial charge is 0.395 e. The van der Waals surface area contributed by atoms with E-state index in [0.717, 1.165) is 6.54 Å². The average molecular weight is 156 g/mol. The first-order chi connectivity index (χ1) is 5.26. The van der Waals surface area contributed by atoms with Gasteiger partial charge in [-0.15, -0.1) is 0 Å². The molecule has 0 aliphatic heterocycles. The molecule has 0 radical (unpaired) electrons. The molecule has 0 fully saturated rings. The van der Waals surface area contributed by atoms with Gasteiger partial charge in [0.25, 0.3) is 0 Å². The van der Waals surface area contributed by atoms with Crippen LogP contribution < -0.4 is 0 Å². The van der Waals surface area contributed by atoms with Gasteiger partial charge in [0.15, 0.2) is 0 Å². The van der Waals surface area contributed by atoms with E-state index in [-0.39, 0.29) is 12.6 Å². The Balaban J connectivity index is 3.73. The third kappa shape index (κ3) is 3.97. The fourth-order valence-electron chi connectivity index (χ4n) is 1.08. The lowest BCUT2D eigenvalue weighted by Crippen LogP contribution is -2.34. The Bertz CT molecular complexity index is 131. The summed E-state index contributed by atoms with van der Waals surface area (Å²) in [5.74, 6) is 0. The molecule has 3 nitrogen and oxygen atoms in total. The molecule has 11 heavy (non-hydrogen) atoms. The van der Waals surface area contributed by atoms with Crippen LogP contribution in [0.4, 0.5) is 0 Å². The molecule has 0 aromatic rings. The van der Waals surface area contributed by atoms with Crippen molar-refractivity contribution in [2.75, 3.05) is 19.7 Å². The van der Waals surface area contributed by atoms with Crippen LogP contribution in [0.5, 0.6) is 0 Å². The third-order valence-corrected chi connectivity index (χ3v) is 1.80. The zero-order chi connectivity index (χ0) is 8.69. The Hall–Kier alpha value is -0.590. The predicted molar refractivity (Wildman–Crippen MR) is 44.0 cm³/mol. The van der Waals surface area contributed by atoms with Gasteiger partial charge in [0.05, 0.1) is 19.1 Å². The molecule has 0 rings (SSSR count). The summed E-state index contributed by atoms with van der Waals surface area (Å²) in [6.07, 6.45) is 0.536. The van der Waals surface area contributed by atoms with Gasteiger partial charge in [-0.25, -0.2) is 0 Å². The van der Waals surface area contributed by atoms with Crippen LogP contribution in [0.2, 0.25) is 0 Å². The molecular formula is C8H16N2O. The number of hydrogen-bond acceptors (Lipinski definition) is 3. The van der Waals surface area contributed by atoms with Gasteiger partial charge in [-0.1, -0.05) is 6.92 Å². The molecule has 0 aromatic carbocycles. The van der Waals surface area contributed by atoms with Gasteiger partial charge in [0.2, 0.25) is 0 Å². The van der Waals surface area contributed by atoms with E-state index in [1.165, 1.54) is 0 Å². The van der Waals surface area contributed by atoms with Gasteiger partial charge >= 0.3 is 0 Å². The van der Waals surface area contributed by atoms with Gasteiger partial charge in [0, 0.05) is 12.6 Å². The summed E-state index contributed by atoms with van der Waals surface area (Å²) in [6.45, 7) is 5.76. The van der Waals surface area contributed by atoms with Crippen molar-refractivity contribution in [1.29, 1.82) is 5.26 Å². The second kappa shape index (κ2) is 6.14. The first-order valence-corrected chi connectivity index (χ1v) is 3.98. The Morgan fingerprint density at radius 2 is 2.27 bits per heavy atom. The molecule has 0 aromatic heterocycles. The van der Waals surface area contributed by atoms with Crippen molar-refractivity contribution in [2.45, 2.75) is 26.3 Å². The molecule has 0 aliphatic rings. The predicted octanol–water partition coefficient (Wildman–Crippen LogP) is 0.603. The fourth-order valence-corrected chi connectivity index (χ4v) is 1.08. The molecule has 0 amide bonds. The van der Waals surface area contributed by atoms with Crippen LogP contribution in [0.15, 0.2) is 0 Å². The summed E-state index contributed by atoms with van der Waals surface area (Å²) in [5.41, 5.74) is 0. The second-order valence-corrected chi connectivity index (χ2v) is 2.56. The van der Waals surface area contributed by atoms with Crippen molar-refractivity contribution in [3.63, 3.8) is 0 Å². The number of aliphatic hydroxyl groups is 1. The summed E-state index contributed by atoms with van der Waals surface area (Å²) in [7, 11) is 0. The maximum Gasteiger partial charge on any atom is 0.0638 e. The highest BCUT2D eigenvalue weighted by Gasteiger charge is 2.09. The number of nitrogens with zero attached hydrogens (tertiary/aromatic N) is 2. The van der Waals surface area contributed by atoms with Crippen molar-refractivity contribution in [2.24, 2.45) is 0 Å². The number of likely N-dealkylation sites (N-methyl/N-ethyl adjacent to an activating group) is 1. The Kier molecular flexibility index (Phi) is 5.81. The van der Waals surface area contributed by atoms with Crippen molar-refractivity contribution in [3.05, 3.63) is 0 Å². The van der Waals surface area contributed by atoms with Gasteiger partial charge in [0.1, 0.15) is 0 Å². The molecule has 0 bridgehead atoms. The topological polar surface area (TPSA) is 47.3 Å². The van der Waals surface area contributed by atoms with Gasteiger partial charge in [-0.2, -0.15) is 5.26 Å². The summed E-state index contributed by atoms with van der Waals surface area (Å²) >= 11 is 0. The molecule has 0 aliphatic carbocycles. The summed E-state index contributed by atoms with van der Waals surface area (Å²) in [4.78, 5) is 2.09. The number of nitriles is 1. The van der Waals surface area contributed by atoms with Crippen LogP contribution in [0.1, 0.15) is 20.3 Å². The maximum absolute atomic E-state index is 8.66. The second-order valence-electron chi connectivity index (χ2n) is 2.56. The number of rotatable bonds is 5. The van der Waals surface area contributed by atoms with Gasteiger partial charge < -0.3 is 5.11 Å². The van der Waals surface area contributed by atoms with Crippen LogP contribution in [0.25, 0.3) is 0 Å². The van der Waals surface area contributed by atoms with E-state index < -0.39 is 0 Å². The van der Waals surface area contributed by atoms with E-state index in [9.17, 15) is 0 Å². The average Bonchev–Trinajstić information content (AvgIpc) is 2.00. The zero-order valence-corrected chi connectivity index (χ0v) is 7.25. The van der Waals surface area contributed by atoms with E-state index in [0.29, 0.717) is 13.0 Å². The van der Waals surface area contributed by atoms with E-state index in [1.807, 2.05) is 13.8 Å². The monoisotopic (exact) mass is 156 g/mol. The smallest absolute Gasteiger partial charge is 0.0638 e. The van der Waals surface area contributed by atoms with Crippen LogP contribution in [0.3, 0.4) is 0 Å². The van der Waals surface area contributed by atoms with Crippen molar-refractivity contribution >= 4 is 0 Å². The molecule has 0 heterocycles. The normalized spacial score (nSPS) is 13.0. The number of aliphatic hydroxyl groups excluding tert-OH is 1. The van der Waals surface area contributed by atoms with E-state index in [4.69, 9.17) is 10.4 Å².